The van der Waals surface area contributed by atoms with Gasteiger partial charge < -0.3 is 4.74 Å². The Labute approximate surface area is 128 Å². The molecule has 1 aromatic carbocycles. The summed E-state index contributed by atoms with van der Waals surface area (Å²) in [6, 6.07) is 6.48. The lowest BCUT2D eigenvalue weighted by Crippen LogP contribution is -2.29. The summed E-state index contributed by atoms with van der Waals surface area (Å²) >= 11 is 0. The number of nitrogens with zero attached hydrogens (tertiary/aromatic N) is 4. The van der Waals surface area contributed by atoms with Crippen LogP contribution in [0.2, 0.25) is 0 Å². The lowest BCUT2D eigenvalue weighted by atomic mass is 10.1. The maximum atomic E-state index is 12.0. The predicted molar refractivity (Wildman–Crippen MR) is 82.1 cm³/mol. The third-order valence-corrected chi connectivity index (χ3v) is 4.54. The van der Waals surface area contributed by atoms with Crippen LogP contribution >= 0.6 is 0 Å². The second-order valence-electron chi connectivity index (χ2n) is 6.04. The van der Waals surface area contributed by atoms with Gasteiger partial charge in [0.1, 0.15) is 11.6 Å². The highest BCUT2D eigenvalue weighted by atomic mass is 16.5. The Morgan fingerprint density at radius 1 is 1.23 bits per heavy atom. The summed E-state index contributed by atoms with van der Waals surface area (Å²) < 4.78 is 8.80. The van der Waals surface area contributed by atoms with Crippen molar-refractivity contribution in [2.75, 3.05) is 19.7 Å². The number of rotatable bonds is 2. The first-order valence-corrected chi connectivity index (χ1v) is 7.80. The average molecular weight is 300 g/mol. The van der Waals surface area contributed by atoms with Crippen molar-refractivity contribution < 1.29 is 4.74 Å². The highest BCUT2D eigenvalue weighted by molar-refractivity contribution is 5.39. The van der Waals surface area contributed by atoms with E-state index in [9.17, 15) is 4.79 Å². The molecule has 0 unspecified atom stereocenters. The maximum Gasteiger partial charge on any atom is 0.345 e. The van der Waals surface area contributed by atoms with Crippen molar-refractivity contribution in [3.63, 3.8) is 0 Å². The predicted octanol–water partition coefficient (Wildman–Crippen LogP) is 0.575. The molecule has 0 fully saturated rings. The zero-order chi connectivity index (χ0) is 15.1. The lowest BCUT2D eigenvalue weighted by Gasteiger charge is -2.19. The second-order valence-corrected chi connectivity index (χ2v) is 6.04. The summed E-state index contributed by atoms with van der Waals surface area (Å²) in [7, 11) is 1.72. The van der Waals surface area contributed by atoms with Gasteiger partial charge in [-0.1, -0.05) is 12.1 Å². The van der Waals surface area contributed by atoms with Gasteiger partial charge in [0.2, 0.25) is 0 Å². The minimum Gasteiger partial charge on any atom is -0.493 e. The SMILES string of the molecule is Cn1nc2n(c1=O)CCN(Cc1ccc3c(c1)CCO3)CC2. The first kappa shape index (κ1) is 13.6. The highest BCUT2D eigenvalue weighted by Crippen LogP contribution is 2.26. The number of aryl methyl sites for hydroxylation is 1. The van der Waals surface area contributed by atoms with Gasteiger partial charge in [-0.05, 0) is 17.2 Å². The quantitative estimate of drug-likeness (QED) is 0.814. The molecule has 4 rings (SSSR count). The molecule has 6 heteroatoms. The fourth-order valence-electron chi connectivity index (χ4n) is 3.33. The van der Waals surface area contributed by atoms with Gasteiger partial charge in [0, 0.05) is 46.1 Å². The molecule has 0 saturated carbocycles. The maximum absolute atomic E-state index is 12.0. The third-order valence-electron chi connectivity index (χ3n) is 4.54. The van der Waals surface area contributed by atoms with Crippen LogP contribution < -0.4 is 10.4 Å². The molecule has 1 aromatic heterocycles. The van der Waals surface area contributed by atoms with E-state index in [0.29, 0.717) is 0 Å². The van der Waals surface area contributed by atoms with E-state index >= 15 is 0 Å². The zero-order valence-electron chi connectivity index (χ0n) is 12.8. The van der Waals surface area contributed by atoms with E-state index in [1.807, 2.05) is 0 Å². The Morgan fingerprint density at radius 2 is 2.14 bits per heavy atom. The summed E-state index contributed by atoms with van der Waals surface area (Å²) in [6.07, 6.45) is 1.83. The van der Waals surface area contributed by atoms with Gasteiger partial charge in [0.25, 0.3) is 0 Å². The van der Waals surface area contributed by atoms with Crippen LogP contribution in [0.5, 0.6) is 5.75 Å². The minimum absolute atomic E-state index is 0.00784. The monoisotopic (exact) mass is 300 g/mol. The van der Waals surface area contributed by atoms with Gasteiger partial charge in [-0.2, -0.15) is 5.10 Å². The molecule has 0 N–H and O–H groups in total. The van der Waals surface area contributed by atoms with Gasteiger partial charge in [-0.15, -0.1) is 0 Å². The van der Waals surface area contributed by atoms with Crippen molar-refractivity contribution in [2.45, 2.75) is 25.9 Å². The van der Waals surface area contributed by atoms with Crippen LogP contribution in [0.3, 0.4) is 0 Å². The summed E-state index contributed by atoms with van der Waals surface area (Å²) in [6.45, 7) is 4.25. The van der Waals surface area contributed by atoms with Crippen molar-refractivity contribution in [3.8, 4) is 5.75 Å². The molecule has 0 spiro atoms. The summed E-state index contributed by atoms with van der Waals surface area (Å²) in [5, 5.41) is 4.32. The molecule has 0 radical (unpaired) electrons. The molecule has 2 aliphatic rings. The van der Waals surface area contributed by atoms with Gasteiger partial charge in [-0.25, -0.2) is 9.48 Å². The molecule has 2 aliphatic heterocycles. The Morgan fingerprint density at radius 3 is 3.05 bits per heavy atom. The standard InChI is InChI=1S/C16H20N4O2/c1-18-16(21)20-8-7-19(6-4-15(20)17-18)11-12-2-3-14-13(10-12)5-9-22-14/h2-3,10H,4-9,11H2,1H3. The van der Waals surface area contributed by atoms with Gasteiger partial charge >= 0.3 is 5.69 Å². The topological polar surface area (TPSA) is 52.3 Å². The fraction of sp³-hybridized carbons (Fsp3) is 0.500. The third kappa shape index (κ3) is 2.33. The molecule has 6 nitrogen and oxygen atoms in total. The Bertz CT molecular complexity index is 762. The summed E-state index contributed by atoms with van der Waals surface area (Å²) in [4.78, 5) is 14.4. The molecule has 2 aromatic rings. The number of fused-ring (bicyclic) bond motifs is 2. The molecule has 22 heavy (non-hydrogen) atoms. The van der Waals surface area contributed by atoms with Crippen molar-refractivity contribution in [3.05, 3.63) is 45.6 Å². The molecule has 0 bridgehead atoms. The molecule has 0 amide bonds. The van der Waals surface area contributed by atoms with Crippen molar-refractivity contribution in [2.24, 2.45) is 7.05 Å². The van der Waals surface area contributed by atoms with Crippen molar-refractivity contribution >= 4 is 0 Å². The van der Waals surface area contributed by atoms with Gasteiger partial charge in [-0.3, -0.25) is 9.47 Å². The van der Waals surface area contributed by atoms with Crippen LogP contribution in [0, 0.1) is 0 Å². The van der Waals surface area contributed by atoms with Crippen LogP contribution in [-0.2, 0) is 33.0 Å². The van der Waals surface area contributed by atoms with Crippen LogP contribution in [0.1, 0.15) is 17.0 Å². The van der Waals surface area contributed by atoms with E-state index in [4.69, 9.17) is 4.74 Å². The van der Waals surface area contributed by atoms with Crippen LogP contribution in [0.4, 0.5) is 0 Å². The van der Waals surface area contributed by atoms with E-state index in [1.165, 1.54) is 15.8 Å². The lowest BCUT2D eigenvalue weighted by molar-refractivity contribution is 0.269. The average Bonchev–Trinajstić information content (AvgIpc) is 3.01. The van der Waals surface area contributed by atoms with E-state index in [-0.39, 0.29) is 5.69 Å². The van der Waals surface area contributed by atoms with E-state index in [0.717, 1.165) is 57.2 Å². The molecular weight excluding hydrogens is 280 g/mol. The first-order valence-electron chi connectivity index (χ1n) is 7.80. The van der Waals surface area contributed by atoms with Crippen LogP contribution in [0.25, 0.3) is 0 Å². The Kier molecular flexibility index (Phi) is 3.26. The second kappa shape index (κ2) is 5.28. The van der Waals surface area contributed by atoms with E-state index < -0.39 is 0 Å². The number of aromatic nitrogens is 3. The summed E-state index contributed by atoms with van der Waals surface area (Å²) in [5.74, 6) is 1.93. The number of ether oxygens (including phenoxy) is 1. The van der Waals surface area contributed by atoms with Crippen molar-refractivity contribution in [1.29, 1.82) is 0 Å². The molecule has 0 atom stereocenters. The van der Waals surface area contributed by atoms with Gasteiger partial charge in [0.05, 0.1) is 6.61 Å². The summed E-state index contributed by atoms with van der Waals surface area (Å²) in [5.41, 5.74) is 2.62. The van der Waals surface area contributed by atoms with Gasteiger partial charge in [0.15, 0.2) is 0 Å². The number of benzene rings is 1. The number of hydrogen-bond donors (Lipinski definition) is 0. The molecular formula is C16H20N4O2. The normalized spacial score (nSPS) is 17.7. The van der Waals surface area contributed by atoms with E-state index in [2.05, 4.69) is 28.2 Å². The van der Waals surface area contributed by atoms with E-state index in [1.54, 1.807) is 11.6 Å². The highest BCUT2D eigenvalue weighted by Gasteiger charge is 2.19. The van der Waals surface area contributed by atoms with Crippen LogP contribution in [0.15, 0.2) is 23.0 Å². The largest absolute Gasteiger partial charge is 0.493 e. The molecule has 116 valence electrons. The molecule has 0 aliphatic carbocycles. The Hall–Kier alpha value is -2.08. The zero-order valence-corrected chi connectivity index (χ0v) is 12.8. The number of hydrogen-bond acceptors (Lipinski definition) is 4. The Balaban J connectivity index is 1.48. The fourth-order valence-corrected chi connectivity index (χ4v) is 3.33. The smallest absolute Gasteiger partial charge is 0.345 e. The van der Waals surface area contributed by atoms with Crippen molar-refractivity contribution in [1.82, 2.24) is 19.2 Å². The molecule has 0 saturated heterocycles. The van der Waals surface area contributed by atoms with Crippen LogP contribution in [-0.4, -0.2) is 38.9 Å². The minimum atomic E-state index is -0.00784. The first-order chi connectivity index (χ1) is 10.7. The molecule has 3 heterocycles.